The van der Waals surface area contributed by atoms with Gasteiger partial charge in [-0.25, -0.2) is 4.79 Å². The van der Waals surface area contributed by atoms with Crippen molar-refractivity contribution < 1.29 is 9.53 Å². The van der Waals surface area contributed by atoms with E-state index >= 15 is 0 Å². The molecule has 0 aliphatic carbocycles. The van der Waals surface area contributed by atoms with Crippen molar-refractivity contribution in [2.24, 2.45) is 7.05 Å². The van der Waals surface area contributed by atoms with Crippen LogP contribution < -0.4 is 4.74 Å². The molecule has 0 radical (unpaired) electrons. The number of carbonyl (C=O) groups is 1. The van der Waals surface area contributed by atoms with Crippen molar-refractivity contribution in [3.05, 3.63) is 66.2 Å². The molecule has 2 aromatic carbocycles. The van der Waals surface area contributed by atoms with E-state index < -0.39 is 0 Å². The Balaban J connectivity index is 1.94. The predicted molar refractivity (Wildman–Crippen MR) is 74.3 cm³/mol. The maximum Gasteiger partial charge on any atom is 0.344 e. The van der Waals surface area contributed by atoms with E-state index in [0.29, 0.717) is 11.4 Å². The maximum absolute atomic E-state index is 12.0. The Bertz CT molecular complexity index is 729. The minimum absolute atomic E-state index is 0.341. The van der Waals surface area contributed by atoms with Crippen LogP contribution in [0.5, 0.6) is 5.88 Å². The third kappa shape index (κ3) is 2.10. The molecule has 0 fully saturated rings. The highest BCUT2D eigenvalue weighted by atomic mass is 16.5. The number of aromatic nitrogens is 1. The van der Waals surface area contributed by atoms with E-state index in [1.807, 2.05) is 60.1 Å². The molecular weight excluding hydrogens is 238 g/mol. The molecule has 3 aromatic rings. The second kappa shape index (κ2) is 4.61. The maximum atomic E-state index is 12.0. The standard InChI is InChI=1S/C16H13NO2/c1-17-14-10-6-5-9-13(14)11-15(17)19-16(18)12-7-3-2-4-8-12/h2-11H,1H3. The van der Waals surface area contributed by atoms with E-state index in [0.717, 1.165) is 10.9 Å². The Morgan fingerprint density at radius 2 is 1.68 bits per heavy atom. The molecule has 1 heterocycles. The van der Waals surface area contributed by atoms with Gasteiger partial charge in [0.1, 0.15) is 0 Å². The second-order valence-corrected chi connectivity index (χ2v) is 4.36. The van der Waals surface area contributed by atoms with Gasteiger partial charge in [0.2, 0.25) is 5.88 Å². The average molecular weight is 251 g/mol. The largest absolute Gasteiger partial charge is 0.406 e. The Morgan fingerprint density at radius 1 is 1.00 bits per heavy atom. The van der Waals surface area contributed by atoms with Gasteiger partial charge in [0.25, 0.3) is 0 Å². The topological polar surface area (TPSA) is 31.2 Å². The van der Waals surface area contributed by atoms with Crippen molar-refractivity contribution in [1.82, 2.24) is 4.57 Å². The van der Waals surface area contributed by atoms with Gasteiger partial charge in [0.05, 0.1) is 11.1 Å². The molecule has 3 heteroatoms. The summed E-state index contributed by atoms with van der Waals surface area (Å²) >= 11 is 0. The van der Waals surface area contributed by atoms with Crippen LogP contribution in [0.1, 0.15) is 10.4 Å². The first-order valence-corrected chi connectivity index (χ1v) is 6.07. The van der Waals surface area contributed by atoms with E-state index in [9.17, 15) is 4.79 Å². The lowest BCUT2D eigenvalue weighted by Gasteiger charge is -2.05. The third-order valence-corrected chi connectivity index (χ3v) is 3.11. The van der Waals surface area contributed by atoms with Gasteiger partial charge in [0.15, 0.2) is 0 Å². The molecule has 0 aliphatic heterocycles. The number of esters is 1. The first-order chi connectivity index (χ1) is 9.25. The van der Waals surface area contributed by atoms with Crippen LogP contribution in [0.15, 0.2) is 60.7 Å². The lowest BCUT2D eigenvalue weighted by Crippen LogP contribution is -2.10. The van der Waals surface area contributed by atoms with Crippen LogP contribution in [0.4, 0.5) is 0 Å². The minimum atomic E-state index is -0.341. The van der Waals surface area contributed by atoms with Gasteiger partial charge in [-0.2, -0.15) is 0 Å². The van der Waals surface area contributed by atoms with Gasteiger partial charge >= 0.3 is 5.97 Å². The van der Waals surface area contributed by atoms with Crippen molar-refractivity contribution in [1.29, 1.82) is 0 Å². The monoisotopic (exact) mass is 251 g/mol. The number of hydrogen-bond acceptors (Lipinski definition) is 2. The lowest BCUT2D eigenvalue weighted by atomic mass is 10.2. The zero-order chi connectivity index (χ0) is 13.2. The van der Waals surface area contributed by atoms with Crippen LogP contribution in [-0.4, -0.2) is 10.5 Å². The normalized spacial score (nSPS) is 10.6. The van der Waals surface area contributed by atoms with Gasteiger partial charge < -0.3 is 9.30 Å². The van der Waals surface area contributed by atoms with Gasteiger partial charge in [-0.15, -0.1) is 0 Å². The molecule has 19 heavy (non-hydrogen) atoms. The van der Waals surface area contributed by atoms with Crippen molar-refractivity contribution in [2.75, 3.05) is 0 Å². The summed E-state index contributed by atoms with van der Waals surface area (Å²) in [6.07, 6.45) is 0. The molecule has 0 amide bonds. The summed E-state index contributed by atoms with van der Waals surface area (Å²) < 4.78 is 7.31. The highest BCUT2D eigenvalue weighted by Gasteiger charge is 2.12. The molecule has 3 rings (SSSR count). The third-order valence-electron chi connectivity index (χ3n) is 3.11. The van der Waals surface area contributed by atoms with Crippen molar-refractivity contribution in [2.45, 2.75) is 0 Å². The van der Waals surface area contributed by atoms with Crippen LogP contribution in [-0.2, 0) is 7.05 Å². The SMILES string of the molecule is Cn1c(OC(=O)c2ccccc2)cc2ccccc21. The molecule has 1 aromatic heterocycles. The molecule has 0 atom stereocenters. The summed E-state index contributed by atoms with van der Waals surface area (Å²) in [5.41, 5.74) is 1.59. The molecule has 94 valence electrons. The quantitative estimate of drug-likeness (QED) is 0.654. The van der Waals surface area contributed by atoms with Crippen LogP contribution in [0.3, 0.4) is 0 Å². The highest BCUT2D eigenvalue weighted by molar-refractivity contribution is 5.92. The molecule has 0 unspecified atom stereocenters. The summed E-state index contributed by atoms with van der Waals surface area (Å²) in [7, 11) is 1.88. The van der Waals surface area contributed by atoms with Gasteiger partial charge in [-0.05, 0) is 18.2 Å². The van der Waals surface area contributed by atoms with Gasteiger partial charge in [0, 0.05) is 18.5 Å². The molecule has 0 N–H and O–H groups in total. The first kappa shape index (κ1) is 11.5. The Morgan fingerprint density at radius 3 is 2.42 bits per heavy atom. The Labute approximate surface area is 111 Å². The summed E-state index contributed by atoms with van der Waals surface area (Å²) in [4.78, 5) is 12.0. The number of aryl methyl sites for hydroxylation is 1. The Hall–Kier alpha value is -2.55. The van der Waals surface area contributed by atoms with E-state index in [1.165, 1.54) is 0 Å². The number of carbonyl (C=O) groups excluding carboxylic acids is 1. The lowest BCUT2D eigenvalue weighted by molar-refractivity contribution is 0.0723. The molecule has 0 bridgehead atoms. The van der Waals surface area contributed by atoms with Crippen molar-refractivity contribution >= 4 is 16.9 Å². The molecular formula is C16H13NO2. The summed E-state index contributed by atoms with van der Waals surface area (Å²) in [6.45, 7) is 0. The Kier molecular flexibility index (Phi) is 2.80. The van der Waals surface area contributed by atoms with E-state index in [2.05, 4.69) is 0 Å². The molecule has 0 spiro atoms. The first-order valence-electron chi connectivity index (χ1n) is 6.07. The number of hydrogen-bond donors (Lipinski definition) is 0. The van der Waals surface area contributed by atoms with Gasteiger partial charge in [-0.1, -0.05) is 36.4 Å². The summed E-state index contributed by atoms with van der Waals surface area (Å²) in [5.74, 6) is 0.210. The fraction of sp³-hybridized carbons (Fsp3) is 0.0625. The van der Waals surface area contributed by atoms with Crippen molar-refractivity contribution in [3.8, 4) is 5.88 Å². The average Bonchev–Trinajstić information content (AvgIpc) is 2.77. The molecule has 3 nitrogen and oxygen atoms in total. The van der Waals surface area contributed by atoms with Crippen LogP contribution >= 0.6 is 0 Å². The summed E-state index contributed by atoms with van der Waals surface area (Å²) in [5, 5.41) is 1.06. The zero-order valence-corrected chi connectivity index (χ0v) is 10.5. The molecule has 0 saturated heterocycles. The smallest absolute Gasteiger partial charge is 0.344 e. The van der Waals surface area contributed by atoms with Crippen LogP contribution in [0, 0.1) is 0 Å². The predicted octanol–water partition coefficient (Wildman–Crippen LogP) is 3.40. The number of rotatable bonds is 2. The zero-order valence-electron chi connectivity index (χ0n) is 10.5. The number of benzene rings is 2. The number of nitrogens with zero attached hydrogens (tertiary/aromatic N) is 1. The van der Waals surface area contributed by atoms with E-state index in [4.69, 9.17) is 4.74 Å². The summed E-state index contributed by atoms with van der Waals surface area (Å²) in [6, 6.07) is 18.8. The molecule has 0 saturated carbocycles. The van der Waals surface area contributed by atoms with Gasteiger partial charge in [-0.3, -0.25) is 0 Å². The van der Waals surface area contributed by atoms with E-state index in [-0.39, 0.29) is 5.97 Å². The second-order valence-electron chi connectivity index (χ2n) is 4.36. The number of fused-ring (bicyclic) bond motifs is 1. The minimum Gasteiger partial charge on any atom is -0.406 e. The van der Waals surface area contributed by atoms with E-state index in [1.54, 1.807) is 12.1 Å². The van der Waals surface area contributed by atoms with Crippen molar-refractivity contribution in [3.63, 3.8) is 0 Å². The fourth-order valence-electron chi connectivity index (χ4n) is 2.09. The number of ether oxygens (including phenoxy) is 1. The highest BCUT2D eigenvalue weighted by Crippen LogP contribution is 2.24. The molecule has 0 aliphatic rings. The van der Waals surface area contributed by atoms with Crippen LogP contribution in [0.2, 0.25) is 0 Å². The fourth-order valence-corrected chi connectivity index (χ4v) is 2.09. The number of para-hydroxylation sites is 1. The van der Waals surface area contributed by atoms with Crippen LogP contribution in [0.25, 0.3) is 10.9 Å².